The number of nitrogens with one attached hydrogen (secondary N) is 1. The van der Waals surface area contributed by atoms with Crippen molar-refractivity contribution in [1.29, 1.82) is 0 Å². The maximum Gasteiger partial charge on any atom is 0.208 e. The molecule has 1 saturated carbocycles. The first-order valence-electron chi connectivity index (χ1n) is 7.99. The van der Waals surface area contributed by atoms with E-state index in [0.29, 0.717) is 12.0 Å². The van der Waals surface area contributed by atoms with E-state index in [1.54, 1.807) is 23.1 Å². The van der Waals surface area contributed by atoms with Crippen LogP contribution in [0, 0.1) is 5.92 Å². The summed E-state index contributed by atoms with van der Waals surface area (Å²) in [4.78, 5) is 5.84. The fourth-order valence-electron chi connectivity index (χ4n) is 2.86. The molecule has 2 atom stereocenters. The van der Waals surface area contributed by atoms with Crippen LogP contribution in [-0.2, 0) is 11.2 Å². The molecule has 2 heterocycles. The van der Waals surface area contributed by atoms with Crippen LogP contribution in [0.1, 0.15) is 43.3 Å². The van der Waals surface area contributed by atoms with Gasteiger partial charge in [0.1, 0.15) is 5.82 Å². The quantitative estimate of drug-likeness (QED) is 0.609. The first kappa shape index (κ1) is 16.0. The molecule has 0 amide bonds. The van der Waals surface area contributed by atoms with Crippen molar-refractivity contribution in [1.82, 2.24) is 15.2 Å². The molecule has 0 saturated heterocycles. The number of hydrogen-bond acceptors (Lipinski definition) is 5. The Balaban J connectivity index is 1.38. The number of thioether (sulfide) groups is 1. The van der Waals surface area contributed by atoms with E-state index in [1.165, 1.54) is 30.6 Å². The molecule has 1 aliphatic rings. The van der Waals surface area contributed by atoms with Crippen molar-refractivity contribution in [2.75, 3.05) is 12.4 Å². The minimum atomic E-state index is 0.455. The summed E-state index contributed by atoms with van der Waals surface area (Å²) < 4.78 is 6.02. The maximum absolute atomic E-state index is 6.02. The van der Waals surface area contributed by atoms with Crippen LogP contribution in [0.3, 0.4) is 0 Å². The Labute approximate surface area is 140 Å². The van der Waals surface area contributed by atoms with Gasteiger partial charge >= 0.3 is 0 Å². The Morgan fingerprint density at radius 3 is 3.14 bits per heavy atom. The third-order valence-electron chi connectivity index (χ3n) is 4.11. The lowest BCUT2D eigenvalue weighted by molar-refractivity contribution is 0.00345. The van der Waals surface area contributed by atoms with Crippen molar-refractivity contribution in [3.8, 4) is 0 Å². The van der Waals surface area contributed by atoms with Crippen LogP contribution in [0.4, 0.5) is 0 Å². The van der Waals surface area contributed by atoms with Crippen LogP contribution in [0.2, 0.25) is 0 Å². The van der Waals surface area contributed by atoms with Gasteiger partial charge in [-0.3, -0.25) is 5.10 Å². The van der Waals surface area contributed by atoms with Crippen LogP contribution in [0.25, 0.3) is 0 Å². The Hall–Kier alpha value is -0.850. The van der Waals surface area contributed by atoms with Crippen molar-refractivity contribution < 1.29 is 4.74 Å². The summed E-state index contributed by atoms with van der Waals surface area (Å²) in [7, 11) is 0. The lowest BCUT2D eigenvalue weighted by Gasteiger charge is -2.28. The fourth-order valence-corrected chi connectivity index (χ4v) is 4.22. The Bertz CT molecular complexity index is 556. The average molecular weight is 338 g/mol. The summed E-state index contributed by atoms with van der Waals surface area (Å²) in [5.41, 5.74) is 0. The normalized spacial score (nSPS) is 22.0. The van der Waals surface area contributed by atoms with Gasteiger partial charge in [0.2, 0.25) is 5.16 Å². The Morgan fingerprint density at radius 2 is 2.32 bits per heavy atom. The minimum absolute atomic E-state index is 0.455. The molecule has 1 aliphatic carbocycles. The summed E-state index contributed by atoms with van der Waals surface area (Å²) in [6.45, 7) is 3.09. The van der Waals surface area contributed by atoms with E-state index in [4.69, 9.17) is 4.74 Å². The van der Waals surface area contributed by atoms with Gasteiger partial charge in [0, 0.05) is 17.1 Å². The molecule has 6 heteroatoms. The lowest BCUT2D eigenvalue weighted by Crippen LogP contribution is -2.26. The van der Waals surface area contributed by atoms with E-state index in [1.807, 2.05) is 0 Å². The SMILES string of the molecule is CC1CCCCC1OCCSc1n[nH]c(Cc2cccs2)n1. The van der Waals surface area contributed by atoms with Crippen molar-refractivity contribution in [2.45, 2.75) is 50.3 Å². The van der Waals surface area contributed by atoms with Gasteiger partial charge in [0.15, 0.2) is 0 Å². The second-order valence-electron chi connectivity index (χ2n) is 5.84. The third-order valence-corrected chi connectivity index (χ3v) is 5.80. The van der Waals surface area contributed by atoms with Crippen molar-refractivity contribution in [3.63, 3.8) is 0 Å². The number of hydrogen-bond donors (Lipinski definition) is 1. The highest BCUT2D eigenvalue weighted by molar-refractivity contribution is 7.99. The molecule has 0 aliphatic heterocycles. The number of rotatable bonds is 7. The monoisotopic (exact) mass is 337 g/mol. The average Bonchev–Trinajstić information content (AvgIpc) is 3.18. The van der Waals surface area contributed by atoms with Crippen molar-refractivity contribution >= 4 is 23.1 Å². The molecule has 3 rings (SSSR count). The fraction of sp³-hybridized carbons (Fsp3) is 0.625. The van der Waals surface area contributed by atoms with Gasteiger partial charge in [-0.25, -0.2) is 4.98 Å². The number of H-pyrrole nitrogens is 1. The Morgan fingerprint density at radius 1 is 1.41 bits per heavy atom. The van der Waals surface area contributed by atoms with Gasteiger partial charge in [-0.2, -0.15) is 0 Å². The van der Waals surface area contributed by atoms with Crippen molar-refractivity contribution in [3.05, 3.63) is 28.2 Å². The van der Waals surface area contributed by atoms with Gasteiger partial charge in [0.05, 0.1) is 12.7 Å². The molecule has 1 N–H and O–H groups in total. The summed E-state index contributed by atoms with van der Waals surface area (Å²) in [6, 6.07) is 4.19. The molecule has 2 aromatic heterocycles. The molecule has 0 radical (unpaired) electrons. The molecule has 2 aromatic rings. The standard InChI is InChI=1S/C16H23N3OS2/c1-12-5-2-3-7-14(12)20-8-10-22-16-17-15(18-19-16)11-13-6-4-9-21-13/h4,6,9,12,14H,2-3,5,7-8,10-11H2,1H3,(H,17,18,19). The number of thiophene rings is 1. The van der Waals surface area contributed by atoms with Gasteiger partial charge < -0.3 is 4.74 Å². The molecule has 0 bridgehead atoms. The van der Waals surface area contributed by atoms with Crippen LogP contribution in [0.15, 0.2) is 22.7 Å². The van der Waals surface area contributed by atoms with Gasteiger partial charge in [-0.05, 0) is 30.2 Å². The predicted octanol–water partition coefficient (Wildman–Crippen LogP) is 4.14. The summed E-state index contributed by atoms with van der Waals surface area (Å²) in [5, 5.41) is 10.2. The van der Waals surface area contributed by atoms with Crippen LogP contribution < -0.4 is 0 Å². The topological polar surface area (TPSA) is 50.8 Å². The van der Waals surface area contributed by atoms with E-state index >= 15 is 0 Å². The number of nitrogens with zero attached hydrogens (tertiary/aromatic N) is 2. The molecule has 4 nitrogen and oxygen atoms in total. The van der Waals surface area contributed by atoms with Gasteiger partial charge in [0.25, 0.3) is 0 Å². The van der Waals surface area contributed by atoms with E-state index in [-0.39, 0.29) is 0 Å². The highest BCUT2D eigenvalue weighted by atomic mass is 32.2. The number of aromatic nitrogens is 3. The predicted molar refractivity (Wildman–Crippen MR) is 91.6 cm³/mol. The van der Waals surface area contributed by atoms with E-state index < -0.39 is 0 Å². The summed E-state index contributed by atoms with van der Waals surface area (Å²) in [5.74, 6) is 2.56. The first-order valence-corrected chi connectivity index (χ1v) is 9.86. The zero-order valence-electron chi connectivity index (χ0n) is 13.0. The highest BCUT2D eigenvalue weighted by Crippen LogP contribution is 2.26. The minimum Gasteiger partial charge on any atom is -0.377 e. The molecule has 0 spiro atoms. The Kier molecular flexibility index (Phi) is 5.92. The molecular formula is C16H23N3OS2. The largest absolute Gasteiger partial charge is 0.377 e. The summed E-state index contributed by atoms with van der Waals surface area (Å²) >= 11 is 3.42. The third kappa shape index (κ3) is 4.57. The van der Waals surface area contributed by atoms with E-state index in [9.17, 15) is 0 Å². The molecule has 22 heavy (non-hydrogen) atoms. The zero-order valence-corrected chi connectivity index (χ0v) is 14.6. The molecule has 1 fully saturated rings. The van der Waals surface area contributed by atoms with Gasteiger partial charge in [-0.1, -0.05) is 37.6 Å². The van der Waals surface area contributed by atoms with Crippen LogP contribution >= 0.6 is 23.1 Å². The molecule has 2 unspecified atom stereocenters. The first-order chi connectivity index (χ1) is 10.8. The second kappa shape index (κ2) is 8.13. The summed E-state index contributed by atoms with van der Waals surface area (Å²) in [6.07, 6.45) is 6.49. The zero-order chi connectivity index (χ0) is 15.2. The number of ether oxygens (including phenoxy) is 1. The second-order valence-corrected chi connectivity index (χ2v) is 7.93. The smallest absolute Gasteiger partial charge is 0.208 e. The molecule has 0 aromatic carbocycles. The van der Waals surface area contributed by atoms with E-state index in [2.05, 4.69) is 39.6 Å². The van der Waals surface area contributed by atoms with Crippen LogP contribution in [0.5, 0.6) is 0 Å². The molecular weight excluding hydrogens is 314 g/mol. The molecule has 120 valence electrons. The number of aromatic amines is 1. The maximum atomic E-state index is 6.02. The lowest BCUT2D eigenvalue weighted by atomic mass is 9.88. The highest BCUT2D eigenvalue weighted by Gasteiger charge is 2.21. The van der Waals surface area contributed by atoms with Crippen LogP contribution in [-0.4, -0.2) is 33.6 Å². The van der Waals surface area contributed by atoms with Gasteiger partial charge in [-0.15, -0.1) is 16.4 Å². The van der Waals surface area contributed by atoms with E-state index in [0.717, 1.165) is 29.8 Å². The van der Waals surface area contributed by atoms with Crippen molar-refractivity contribution in [2.24, 2.45) is 5.92 Å².